The van der Waals surface area contributed by atoms with Gasteiger partial charge in [0.1, 0.15) is 12.4 Å². The second kappa shape index (κ2) is 6.19. The van der Waals surface area contributed by atoms with E-state index in [0.29, 0.717) is 16.9 Å². The molecule has 0 heterocycles. The molecule has 0 aromatic heterocycles. The zero-order chi connectivity index (χ0) is 14.5. The molecule has 0 aliphatic rings. The van der Waals surface area contributed by atoms with Crippen molar-refractivity contribution in [3.63, 3.8) is 0 Å². The number of Topliss-reactive ketones (excluding diaryl/α,β-unsaturated/α-hetero) is 1. The van der Waals surface area contributed by atoms with Crippen molar-refractivity contribution in [3.8, 4) is 11.5 Å². The van der Waals surface area contributed by atoms with Crippen LogP contribution in [-0.2, 0) is 6.61 Å². The van der Waals surface area contributed by atoms with Crippen LogP contribution in [0.25, 0.3) is 0 Å². The van der Waals surface area contributed by atoms with E-state index in [1.807, 2.05) is 0 Å². The van der Waals surface area contributed by atoms with Crippen molar-refractivity contribution < 1.29 is 18.7 Å². The average Bonchev–Trinajstić information content (AvgIpc) is 2.45. The second-order valence-corrected chi connectivity index (χ2v) is 4.34. The standard InChI is InChI=1S/C16H15FO3/c1-11(18)13-4-3-5-14(9-13)20-10-12-6-7-16(19-2)15(17)8-12/h3-9H,10H2,1-2H3. The summed E-state index contributed by atoms with van der Waals surface area (Å²) in [5.74, 6) is 0.332. The van der Waals surface area contributed by atoms with Crippen LogP contribution in [0.2, 0.25) is 0 Å². The summed E-state index contributed by atoms with van der Waals surface area (Å²) in [6.07, 6.45) is 0. The summed E-state index contributed by atoms with van der Waals surface area (Å²) in [4.78, 5) is 11.3. The number of ketones is 1. The SMILES string of the molecule is COc1ccc(COc2cccc(C(C)=O)c2)cc1F. The van der Waals surface area contributed by atoms with Crippen LogP contribution in [0, 0.1) is 5.82 Å². The largest absolute Gasteiger partial charge is 0.494 e. The Labute approximate surface area is 117 Å². The summed E-state index contributed by atoms with van der Waals surface area (Å²) in [7, 11) is 1.42. The fourth-order valence-electron chi connectivity index (χ4n) is 1.77. The minimum absolute atomic E-state index is 0.0223. The van der Waals surface area contributed by atoms with Crippen molar-refractivity contribution in [2.24, 2.45) is 0 Å². The molecule has 104 valence electrons. The van der Waals surface area contributed by atoms with Gasteiger partial charge in [0.15, 0.2) is 17.3 Å². The summed E-state index contributed by atoms with van der Waals surface area (Å²) in [6.45, 7) is 1.72. The zero-order valence-corrected chi connectivity index (χ0v) is 11.4. The van der Waals surface area contributed by atoms with E-state index < -0.39 is 5.82 Å². The summed E-state index contributed by atoms with van der Waals surface area (Å²) >= 11 is 0. The van der Waals surface area contributed by atoms with Gasteiger partial charge in [-0.1, -0.05) is 18.2 Å². The van der Waals surface area contributed by atoms with Gasteiger partial charge in [-0.2, -0.15) is 0 Å². The van der Waals surface area contributed by atoms with Crippen molar-refractivity contribution in [2.75, 3.05) is 7.11 Å². The summed E-state index contributed by atoms with van der Waals surface area (Å²) < 4.78 is 23.9. The van der Waals surface area contributed by atoms with Gasteiger partial charge in [-0.15, -0.1) is 0 Å². The van der Waals surface area contributed by atoms with E-state index in [1.165, 1.54) is 20.1 Å². The quantitative estimate of drug-likeness (QED) is 0.781. The van der Waals surface area contributed by atoms with Gasteiger partial charge < -0.3 is 9.47 Å². The van der Waals surface area contributed by atoms with Crippen LogP contribution in [0.5, 0.6) is 11.5 Å². The maximum absolute atomic E-state index is 13.5. The number of hydrogen-bond acceptors (Lipinski definition) is 3. The molecule has 0 atom stereocenters. The Morgan fingerprint density at radius 2 is 2.00 bits per heavy atom. The van der Waals surface area contributed by atoms with Crippen LogP contribution < -0.4 is 9.47 Å². The van der Waals surface area contributed by atoms with Crippen LogP contribution in [0.1, 0.15) is 22.8 Å². The summed E-state index contributed by atoms with van der Waals surface area (Å²) in [5, 5.41) is 0. The molecule has 2 aromatic rings. The highest BCUT2D eigenvalue weighted by molar-refractivity contribution is 5.94. The molecule has 0 N–H and O–H groups in total. The Balaban J connectivity index is 2.07. The molecule has 0 unspecified atom stereocenters. The number of hydrogen-bond donors (Lipinski definition) is 0. The average molecular weight is 274 g/mol. The third-order valence-electron chi connectivity index (χ3n) is 2.86. The number of rotatable bonds is 5. The molecule has 0 radical (unpaired) electrons. The van der Waals surface area contributed by atoms with Crippen molar-refractivity contribution in [3.05, 3.63) is 59.4 Å². The van der Waals surface area contributed by atoms with E-state index in [0.717, 1.165) is 0 Å². The number of carbonyl (C=O) groups excluding carboxylic acids is 1. The van der Waals surface area contributed by atoms with Gasteiger partial charge in [0.2, 0.25) is 0 Å². The lowest BCUT2D eigenvalue weighted by molar-refractivity contribution is 0.101. The van der Waals surface area contributed by atoms with E-state index in [4.69, 9.17) is 9.47 Å². The van der Waals surface area contributed by atoms with E-state index in [2.05, 4.69) is 0 Å². The van der Waals surface area contributed by atoms with Gasteiger partial charge in [-0.25, -0.2) is 4.39 Å². The van der Waals surface area contributed by atoms with E-state index in [9.17, 15) is 9.18 Å². The maximum Gasteiger partial charge on any atom is 0.165 e. The Morgan fingerprint density at radius 1 is 1.20 bits per heavy atom. The molecule has 20 heavy (non-hydrogen) atoms. The highest BCUT2D eigenvalue weighted by Gasteiger charge is 2.05. The lowest BCUT2D eigenvalue weighted by atomic mass is 10.1. The first-order valence-electron chi connectivity index (χ1n) is 6.16. The van der Waals surface area contributed by atoms with Gasteiger partial charge in [-0.3, -0.25) is 4.79 Å². The van der Waals surface area contributed by atoms with E-state index in [1.54, 1.807) is 36.4 Å². The lowest BCUT2D eigenvalue weighted by Crippen LogP contribution is -1.99. The number of benzene rings is 2. The molecule has 0 fully saturated rings. The number of methoxy groups -OCH3 is 1. The maximum atomic E-state index is 13.5. The third-order valence-corrected chi connectivity index (χ3v) is 2.86. The van der Waals surface area contributed by atoms with Crippen molar-refractivity contribution in [2.45, 2.75) is 13.5 Å². The number of ether oxygens (including phenoxy) is 2. The first-order chi connectivity index (χ1) is 9.60. The minimum atomic E-state index is -0.425. The Morgan fingerprint density at radius 3 is 2.65 bits per heavy atom. The molecular formula is C16H15FO3. The molecule has 0 amide bonds. The third kappa shape index (κ3) is 3.35. The molecule has 0 aliphatic carbocycles. The zero-order valence-electron chi connectivity index (χ0n) is 11.4. The Hall–Kier alpha value is -2.36. The first-order valence-corrected chi connectivity index (χ1v) is 6.16. The van der Waals surface area contributed by atoms with Crippen molar-refractivity contribution in [1.82, 2.24) is 0 Å². The van der Waals surface area contributed by atoms with Gasteiger partial charge in [0.25, 0.3) is 0 Å². The fraction of sp³-hybridized carbons (Fsp3) is 0.188. The van der Waals surface area contributed by atoms with Crippen molar-refractivity contribution in [1.29, 1.82) is 0 Å². The van der Waals surface area contributed by atoms with Gasteiger partial charge in [0.05, 0.1) is 7.11 Å². The monoisotopic (exact) mass is 274 g/mol. The molecule has 0 aliphatic heterocycles. The van der Waals surface area contributed by atoms with Crippen LogP contribution in [-0.4, -0.2) is 12.9 Å². The summed E-state index contributed by atoms with van der Waals surface area (Å²) in [5.41, 5.74) is 1.28. The van der Waals surface area contributed by atoms with E-state index in [-0.39, 0.29) is 18.1 Å². The molecular weight excluding hydrogens is 259 g/mol. The van der Waals surface area contributed by atoms with E-state index >= 15 is 0 Å². The second-order valence-electron chi connectivity index (χ2n) is 4.34. The number of halogens is 1. The normalized spacial score (nSPS) is 10.2. The molecule has 0 saturated carbocycles. The van der Waals surface area contributed by atoms with Crippen LogP contribution in [0.3, 0.4) is 0 Å². The first kappa shape index (κ1) is 14.1. The molecule has 3 nitrogen and oxygen atoms in total. The Kier molecular flexibility index (Phi) is 4.35. The highest BCUT2D eigenvalue weighted by atomic mass is 19.1. The lowest BCUT2D eigenvalue weighted by Gasteiger charge is -2.08. The molecule has 2 rings (SSSR count). The molecule has 0 saturated heterocycles. The van der Waals surface area contributed by atoms with Crippen LogP contribution >= 0.6 is 0 Å². The topological polar surface area (TPSA) is 35.5 Å². The highest BCUT2D eigenvalue weighted by Crippen LogP contribution is 2.20. The van der Waals surface area contributed by atoms with Crippen LogP contribution in [0.4, 0.5) is 4.39 Å². The van der Waals surface area contributed by atoms with Gasteiger partial charge >= 0.3 is 0 Å². The number of carbonyl (C=O) groups is 1. The van der Waals surface area contributed by atoms with Gasteiger partial charge in [0, 0.05) is 5.56 Å². The molecule has 4 heteroatoms. The van der Waals surface area contributed by atoms with Gasteiger partial charge in [-0.05, 0) is 36.8 Å². The molecule has 2 aromatic carbocycles. The van der Waals surface area contributed by atoms with Crippen LogP contribution in [0.15, 0.2) is 42.5 Å². The molecule has 0 bridgehead atoms. The predicted octanol–water partition coefficient (Wildman–Crippen LogP) is 3.62. The fourth-order valence-corrected chi connectivity index (χ4v) is 1.77. The predicted molar refractivity (Wildman–Crippen MR) is 73.7 cm³/mol. The Bertz CT molecular complexity index is 623. The summed E-state index contributed by atoms with van der Waals surface area (Å²) in [6, 6.07) is 11.6. The van der Waals surface area contributed by atoms with Crippen molar-refractivity contribution >= 4 is 5.78 Å². The molecule has 0 spiro atoms. The smallest absolute Gasteiger partial charge is 0.165 e. The minimum Gasteiger partial charge on any atom is -0.494 e.